The molecule has 5 nitrogen and oxygen atoms in total. The second-order valence-electron chi connectivity index (χ2n) is 5.56. The monoisotopic (exact) mass is 310 g/mol. The van der Waals surface area contributed by atoms with E-state index in [1.807, 2.05) is 23.9 Å². The van der Waals surface area contributed by atoms with Crippen LogP contribution in [0, 0.1) is 0 Å². The minimum Gasteiger partial charge on any atom is -0.393 e. The van der Waals surface area contributed by atoms with Crippen molar-refractivity contribution in [2.75, 3.05) is 6.54 Å². The van der Waals surface area contributed by atoms with Crippen molar-refractivity contribution in [3.05, 3.63) is 23.0 Å². The lowest BCUT2D eigenvalue weighted by atomic mass is 10.2. The molecule has 0 aliphatic heterocycles. The maximum Gasteiger partial charge on any atom is 0.159 e. The Bertz CT molecular complexity index is 597. The number of pyridine rings is 1. The third-order valence-corrected chi connectivity index (χ3v) is 3.85. The fraction of sp³-hybridized carbons (Fsp3) is 0.600. The van der Waals surface area contributed by atoms with Gasteiger partial charge in [-0.2, -0.15) is 5.10 Å². The van der Waals surface area contributed by atoms with Crippen molar-refractivity contribution in [2.24, 2.45) is 0 Å². The second-order valence-corrected chi connectivity index (χ2v) is 5.92. The molecule has 0 spiro atoms. The third-order valence-electron chi connectivity index (χ3n) is 3.53. The van der Waals surface area contributed by atoms with Crippen LogP contribution < -0.4 is 5.32 Å². The van der Waals surface area contributed by atoms with Crippen LogP contribution in [0.15, 0.2) is 12.3 Å². The standard InChI is InChI=1S/C15H23ClN4O/c1-4-13(21)5-6-17-8-11-7-12-9-18-20(10(2)3)15(12)19-14(11)16/h7,9-10,13,17,21H,4-6,8H2,1-3H3. The highest BCUT2D eigenvalue weighted by Crippen LogP contribution is 2.22. The summed E-state index contributed by atoms with van der Waals surface area (Å²) in [5.74, 6) is 0. The lowest BCUT2D eigenvalue weighted by Gasteiger charge is -2.10. The van der Waals surface area contributed by atoms with E-state index >= 15 is 0 Å². The van der Waals surface area contributed by atoms with Crippen LogP contribution in [0.3, 0.4) is 0 Å². The summed E-state index contributed by atoms with van der Waals surface area (Å²) in [6, 6.07) is 2.28. The zero-order valence-electron chi connectivity index (χ0n) is 12.8. The van der Waals surface area contributed by atoms with Crippen molar-refractivity contribution in [1.82, 2.24) is 20.1 Å². The Kier molecular flexibility index (Phi) is 5.56. The largest absolute Gasteiger partial charge is 0.393 e. The van der Waals surface area contributed by atoms with E-state index < -0.39 is 0 Å². The van der Waals surface area contributed by atoms with Crippen molar-refractivity contribution in [3.63, 3.8) is 0 Å². The highest BCUT2D eigenvalue weighted by molar-refractivity contribution is 6.30. The van der Waals surface area contributed by atoms with Crippen LogP contribution >= 0.6 is 11.6 Å². The summed E-state index contributed by atoms with van der Waals surface area (Å²) in [7, 11) is 0. The molecule has 6 heteroatoms. The molecule has 0 bridgehead atoms. The predicted octanol–water partition coefficient (Wildman–Crippen LogP) is 2.92. The molecule has 1 unspecified atom stereocenters. The molecule has 21 heavy (non-hydrogen) atoms. The van der Waals surface area contributed by atoms with Gasteiger partial charge in [0.1, 0.15) is 5.15 Å². The van der Waals surface area contributed by atoms with Crippen LogP contribution in [0.25, 0.3) is 11.0 Å². The van der Waals surface area contributed by atoms with E-state index in [4.69, 9.17) is 11.6 Å². The summed E-state index contributed by atoms with van der Waals surface area (Å²) in [6.45, 7) is 7.51. The minimum absolute atomic E-state index is 0.238. The second kappa shape index (κ2) is 7.20. The number of halogens is 1. The summed E-state index contributed by atoms with van der Waals surface area (Å²) in [6.07, 6.45) is 3.11. The molecular weight excluding hydrogens is 288 g/mol. The van der Waals surface area contributed by atoms with Crippen LogP contribution in [0.5, 0.6) is 0 Å². The Hall–Kier alpha value is -1.17. The molecular formula is C15H23ClN4O. The van der Waals surface area contributed by atoms with Gasteiger partial charge in [-0.3, -0.25) is 0 Å². The fourth-order valence-corrected chi connectivity index (χ4v) is 2.40. The Morgan fingerprint density at radius 2 is 2.19 bits per heavy atom. The molecule has 0 aromatic carbocycles. The summed E-state index contributed by atoms with van der Waals surface area (Å²) in [4.78, 5) is 4.46. The molecule has 2 N–H and O–H groups in total. The van der Waals surface area contributed by atoms with E-state index in [1.54, 1.807) is 0 Å². The zero-order chi connectivity index (χ0) is 15.4. The number of fused-ring (bicyclic) bond motifs is 1. The predicted molar refractivity (Wildman–Crippen MR) is 85.5 cm³/mol. The van der Waals surface area contributed by atoms with Gasteiger partial charge < -0.3 is 10.4 Å². The third kappa shape index (κ3) is 3.93. The van der Waals surface area contributed by atoms with Gasteiger partial charge in [0.2, 0.25) is 0 Å². The van der Waals surface area contributed by atoms with Crippen molar-refractivity contribution in [2.45, 2.75) is 52.3 Å². The van der Waals surface area contributed by atoms with Crippen LogP contribution in [0.4, 0.5) is 0 Å². The molecule has 2 aromatic rings. The average Bonchev–Trinajstić information content (AvgIpc) is 2.85. The molecule has 1 atom stereocenters. The van der Waals surface area contributed by atoms with Crippen LogP contribution in [-0.2, 0) is 6.54 Å². The number of aliphatic hydroxyl groups is 1. The van der Waals surface area contributed by atoms with E-state index in [9.17, 15) is 5.11 Å². The molecule has 2 aromatic heterocycles. The summed E-state index contributed by atoms with van der Waals surface area (Å²) in [5.41, 5.74) is 1.78. The Labute approximate surface area is 130 Å². The van der Waals surface area contributed by atoms with E-state index in [2.05, 4.69) is 29.2 Å². The highest BCUT2D eigenvalue weighted by atomic mass is 35.5. The van der Waals surface area contributed by atoms with Gasteiger partial charge in [-0.15, -0.1) is 0 Å². The van der Waals surface area contributed by atoms with Crippen molar-refractivity contribution < 1.29 is 5.11 Å². The number of hydrogen-bond donors (Lipinski definition) is 2. The smallest absolute Gasteiger partial charge is 0.159 e. The first-order chi connectivity index (χ1) is 10.0. The molecule has 0 aliphatic carbocycles. The normalized spacial score (nSPS) is 13.2. The van der Waals surface area contributed by atoms with Gasteiger partial charge in [0.05, 0.1) is 12.3 Å². The van der Waals surface area contributed by atoms with Crippen molar-refractivity contribution in [3.8, 4) is 0 Å². The fourth-order valence-electron chi connectivity index (χ4n) is 2.20. The van der Waals surface area contributed by atoms with Gasteiger partial charge in [-0.25, -0.2) is 9.67 Å². The van der Waals surface area contributed by atoms with Gasteiger partial charge in [0.25, 0.3) is 0 Å². The molecule has 2 rings (SSSR count). The average molecular weight is 311 g/mol. The van der Waals surface area contributed by atoms with E-state index in [0.29, 0.717) is 11.7 Å². The topological polar surface area (TPSA) is 63.0 Å². The molecule has 116 valence electrons. The maximum absolute atomic E-state index is 9.52. The summed E-state index contributed by atoms with van der Waals surface area (Å²) >= 11 is 6.26. The molecule has 0 amide bonds. The number of rotatable bonds is 7. The van der Waals surface area contributed by atoms with Gasteiger partial charge in [0.15, 0.2) is 5.65 Å². The van der Waals surface area contributed by atoms with Gasteiger partial charge in [0, 0.05) is 23.5 Å². The lowest BCUT2D eigenvalue weighted by molar-refractivity contribution is 0.159. The molecule has 0 radical (unpaired) electrons. The lowest BCUT2D eigenvalue weighted by Crippen LogP contribution is -2.20. The molecule has 0 fully saturated rings. The quantitative estimate of drug-likeness (QED) is 0.610. The maximum atomic E-state index is 9.52. The first-order valence-corrected chi connectivity index (χ1v) is 7.82. The van der Waals surface area contributed by atoms with Crippen LogP contribution in [0.1, 0.15) is 45.2 Å². The molecule has 2 heterocycles. The molecule has 0 saturated heterocycles. The number of hydrogen-bond acceptors (Lipinski definition) is 4. The highest BCUT2D eigenvalue weighted by Gasteiger charge is 2.11. The minimum atomic E-state index is -0.238. The Morgan fingerprint density at radius 1 is 1.43 bits per heavy atom. The Morgan fingerprint density at radius 3 is 2.86 bits per heavy atom. The summed E-state index contributed by atoms with van der Waals surface area (Å²) in [5, 5.41) is 18.7. The molecule has 0 saturated carbocycles. The molecule has 0 aliphatic rings. The zero-order valence-corrected chi connectivity index (χ0v) is 13.6. The first kappa shape index (κ1) is 16.2. The van der Waals surface area contributed by atoms with Crippen LogP contribution in [-0.4, -0.2) is 32.5 Å². The van der Waals surface area contributed by atoms with Crippen LogP contribution in [0.2, 0.25) is 5.15 Å². The van der Waals surface area contributed by atoms with Crippen molar-refractivity contribution >= 4 is 22.6 Å². The number of nitrogens with zero attached hydrogens (tertiary/aromatic N) is 3. The number of aliphatic hydroxyl groups excluding tert-OH is 1. The first-order valence-electron chi connectivity index (χ1n) is 7.44. The van der Waals surface area contributed by atoms with Gasteiger partial charge in [-0.05, 0) is 39.3 Å². The van der Waals surface area contributed by atoms with E-state index in [0.717, 1.165) is 36.0 Å². The van der Waals surface area contributed by atoms with E-state index in [-0.39, 0.29) is 12.1 Å². The van der Waals surface area contributed by atoms with Crippen molar-refractivity contribution in [1.29, 1.82) is 0 Å². The number of nitrogens with one attached hydrogen (secondary N) is 1. The van der Waals surface area contributed by atoms with E-state index in [1.165, 1.54) is 0 Å². The number of aromatic nitrogens is 3. The van der Waals surface area contributed by atoms with Gasteiger partial charge >= 0.3 is 0 Å². The SMILES string of the molecule is CCC(O)CCNCc1cc2cnn(C(C)C)c2nc1Cl. The Balaban J connectivity index is 2.06. The van der Waals surface area contributed by atoms with Gasteiger partial charge in [-0.1, -0.05) is 18.5 Å². The summed E-state index contributed by atoms with van der Waals surface area (Å²) < 4.78 is 1.87.